The van der Waals surface area contributed by atoms with Crippen LogP contribution in [-0.2, 0) is 0 Å². The second-order valence-corrected chi connectivity index (χ2v) is 6.38. The van der Waals surface area contributed by atoms with Gasteiger partial charge in [-0.25, -0.2) is 0 Å². The number of pyridine rings is 1. The van der Waals surface area contributed by atoms with Gasteiger partial charge in [0.2, 0.25) is 0 Å². The molecule has 1 aliphatic rings. The summed E-state index contributed by atoms with van der Waals surface area (Å²) >= 11 is 1.40. The Morgan fingerprint density at radius 3 is 3.10 bits per heavy atom. The molecule has 1 amide bonds. The van der Waals surface area contributed by atoms with Crippen molar-refractivity contribution in [2.75, 3.05) is 12.3 Å². The zero-order chi connectivity index (χ0) is 14.7. The van der Waals surface area contributed by atoms with Crippen LogP contribution in [-0.4, -0.2) is 17.4 Å². The summed E-state index contributed by atoms with van der Waals surface area (Å²) in [5.41, 5.74) is 8.09. The Morgan fingerprint density at radius 1 is 1.43 bits per heavy atom. The summed E-state index contributed by atoms with van der Waals surface area (Å²) in [5, 5.41) is 3.89. The fourth-order valence-electron chi connectivity index (χ4n) is 2.69. The average Bonchev–Trinajstić information content (AvgIpc) is 2.86. The molecule has 5 heteroatoms. The number of fused-ring (bicyclic) bond motifs is 1. The molecular weight excluding hydrogens is 282 g/mol. The van der Waals surface area contributed by atoms with Crippen LogP contribution in [0.3, 0.4) is 0 Å². The minimum Gasteiger partial charge on any atom is -0.397 e. The van der Waals surface area contributed by atoms with Crippen molar-refractivity contribution >= 4 is 33.0 Å². The van der Waals surface area contributed by atoms with Gasteiger partial charge in [0.15, 0.2) is 0 Å². The van der Waals surface area contributed by atoms with Gasteiger partial charge in [-0.1, -0.05) is 11.6 Å². The Morgan fingerprint density at radius 2 is 2.33 bits per heavy atom. The molecule has 0 unspecified atom stereocenters. The molecule has 0 saturated heterocycles. The second-order valence-electron chi connectivity index (χ2n) is 5.33. The Bertz CT molecular complexity index is 690. The normalized spacial score (nSPS) is 15.0. The molecule has 0 bridgehead atoms. The van der Waals surface area contributed by atoms with Crippen molar-refractivity contribution in [1.29, 1.82) is 0 Å². The van der Waals surface area contributed by atoms with E-state index in [0.717, 1.165) is 16.5 Å². The number of allylic oxidation sites excluding steroid dienone is 1. The van der Waals surface area contributed by atoms with Crippen molar-refractivity contribution in [2.24, 2.45) is 0 Å². The maximum atomic E-state index is 12.3. The monoisotopic (exact) mass is 301 g/mol. The number of hydrogen-bond acceptors (Lipinski definition) is 4. The number of anilines is 1. The first-order valence-corrected chi connectivity index (χ1v) is 8.15. The maximum Gasteiger partial charge on any atom is 0.263 e. The third kappa shape index (κ3) is 3.08. The molecule has 2 aromatic rings. The summed E-state index contributed by atoms with van der Waals surface area (Å²) in [6.45, 7) is 0.677. The lowest BCUT2D eigenvalue weighted by Gasteiger charge is -2.12. The van der Waals surface area contributed by atoms with E-state index in [9.17, 15) is 4.79 Å². The van der Waals surface area contributed by atoms with Crippen molar-refractivity contribution in [3.8, 4) is 0 Å². The van der Waals surface area contributed by atoms with E-state index in [1.807, 2.05) is 6.07 Å². The van der Waals surface area contributed by atoms with Gasteiger partial charge in [-0.15, -0.1) is 11.3 Å². The van der Waals surface area contributed by atoms with Crippen LogP contribution in [0.4, 0.5) is 5.69 Å². The fourth-order valence-corrected chi connectivity index (χ4v) is 3.69. The average molecular weight is 301 g/mol. The molecule has 4 nitrogen and oxygen atoms in total. The van der Waals surface area contributed by atoms with E-state index in [1.54, 1.807) is 12.4 Å². The zero-order valence-corrected chi connectivity index (χ0v) is 12.7. The van der Waals surface area contributed by atoms with E-state index in [2.05, 4.69) is 16.4 Å². The molecule has 0 aliphatic heterocycles. The van der Waals surface area contributed by atoms with Crippen molar-refractivity contribution in [3.05, 3.63) is 35.0 Å². The van der Waals surface area contributed by atoms with Crippen molar-refractivity contribution in [3.63, 3.8) is 0 Å². The van der Waals surface area contributed by atoms with Crippen LogP contribution in [0, 0.1) is 0 Å². The van der Waals surface area contributed by atoms with Crippen molar-refractivity contribution in [2.45, 2.75) is 32.1 Å². The number of nitrogens with two attached hydrogens (primary N) is 1. The van der Waals surface area contributed by atoms with Crippen LogP contribution in [0.2, 0.25) is 0 Å². The molecule has 2 aromatic heterocycles. The van der Waals surface area contributed by atoms with Gasteiger partial charge in [0, 0.05) is 24.3 Å². The van der Waals surface area contributed by atoms with Gasteiger partial charge in [-0.3, -0.25) is 9.78 Å². The number of amides is 1. The summed E-state index contributed by atoms with van der Waals surface area (Å²) < 4.78 is 0.954. The minimum atomic E-state index is -0.0786. The Labute approximate surface area is 128 Å². The molecule has 0 atom stereocenters. The Kier molecular flexibility index (Phi) is 4.20. The lowest BCUT2D eigenvalue weighted by molar-refractivity contribution is 0.0959. The number of nitrogens with one attached hydrogen (secondary N) is 1. The van der Waals surface area contributed by atoms with Gasteiger partial charge in [0.1, 0.15) is 4.88 Å². The molecule has 21 heavy (non-hydrogen) atoms. The highest BCUT2D eigenvalue weighted by Crippen LogP contribution is 2.32. The minimum absolute atomic E-state index is 0.0786. The van der Waals surface area contributed by atoms with Crippen LogP contribution in [0.15, 0.2) is 30.1 Å². The quantitative estimate of drug-likeness (QED) is 0.849. The maximum absolute atomic E-state index is 12.3. The molecule has 110 valence electrons. The van der Waals surface area contributed by atoms with E-state index in [1.165, 1.54) is 42.6 Å². The molecule has 0 fully saturated rings. The van der Waals surface area contributed by atoms with Crippen LogP contribution in [0.1, 0.15) is 41.8 Å². The van der Waals surface area contributed by atoms with Crippen molar-refractivity contribution in [1.82, 2.24) is 10.3 Å². The standard InChI is InChI=1S/C16H19N3OS/c17-14-12-7-8-18-10-13(12)21-15(14)16(20)19-9-6-11-4-2-1-3-5-11/h4,7-8,10H,1-3,5-6,9,17H2,(H,19,20). The predicted octanol–water partition coefficient (Wildman–Crippen LogP) is 3.50. The summed E-state index contributed by atoms with van der Waals surface area (Å²) in [5.74, 6) is -0.0786. The smallest absolute Gasteiger partial charge is 0.263 e. The third-order valence-electron chi connectivity index (χ3n) is 3.85. The summed E-state index contributed by atoms with van der Waals surface area (Å²) in [7, 11) is 0. The first-order valence-electron chi connectivity index (χ1n) is 7.34. The second kappa shape index (κ2) is 6.26. The number of hydrogen-bond donors (Lipinski definition) is 2. The largest absolute Gasteiger partial charge is 0.397 e. The molecule has 3 N–H and O–H groups in total. The van der Waals surface area contributed by atoms with Crippen LogP contribution in [0.25, 0.3) is 10.1 Å². The highest BCUT2D eigenvalue weighted by molar-refractivity contribution is 7.21. The Hall–Kier alpha value is -1.88. The molecular formula is C16H19N3OS. The van der Waals surface area contributed by atoms with Gasteiger partial charge in [0.25, 0.3) is 5.91 Å². The lowest BCUT2D eigenvalue weighted by Crippen LogP contribution is -2.24. The van der Waals surface area contributed by atoms with E-state index in [-0.39, 0.29) is 5.91 Å². The number of rotatable bonds is 4. The molecule has 0 saturated carbocycles. The topological polar surface area (TPSA) is 68.0 Å². The first-order chi connectivity index (χ1) is 10.3. The number of thiophene rings is 1. The SMILES string of the molecule is Nc1c(C(=O)NCCC2=CCCCC2)sc2cnccc12. The van der Waals surface area contributed by atoms with E-state index < -0.39 is 0 Å². The van der Waals surface area contributed by atoms with E-state index >= 15 is 0 Å². The summed E-state index contributed by atoms with van der Waals surface area (Å²) in [4.78, 5) is 16.9. The molecule has 0 spiro atoms. The number of carbonyl (C=O) groups is 1. The van der Waals surface area contributed by atoms with Gasteiger partial charge >= 0.3 is 0 Å². The number of nitrogen functional groups attached to an aromatic ring is 1. The van der Waals surface area contributed by atoms with Crippen LogP contribution >= 0.6 is 11.3 Å². The van der Waals surface area contributed by atoms with Crippen molar-refractivity contribution < 1.29 is 4.79 Å². The molecule has 0 aromatic carbocycles. The Balaban J connectivity index is 1.64. The van der Waals surface area contributed by atoms with E-state index in [0.29, 0.717) is 17.1 Å². The number of aromatic nitrogens is 1. The zero-order valence-electron chi connectivity index (χ0n) is 11.9. The highest BCUT2D eigenvalue weighted by atomic mass is 32.1. The fraction of sp³-hybridized carbons (Fsp3) is 0.375. The number of carbonyl (C=O) groups excluding carboxylic acids is 1. The summed E-state index contributed by atoms with van der Waals surface area (Å²) in [6.07, 6.45) is 11.6. The molecule has 3 rings (SSSR count). The van der Waals surface area contributed by atoms with Crippen LogP contribution in [0.5, 0.6) is 0 Å². The number of nitrogens with zero attached hydrogens (tertiary/aromatic N) is 1. The van der Waals surface area contributed by atoms with Gasteiger partial charge in [0.05, 0.1) is 10.4 Å². The first kappa shape index (κ1) is 14.1. The lowest BCUT2D eigenvalue weighted by atomic mass is 9.97. The van der Waals surface area contributed by atoms with Gasteiger partial charge in [-0.2, -0.15) is 0 Å². The van der Waals surface area contributed by atoms with Crippen LogP contribution < -0.4 is 11.1 Å². The van der Waals surface area contributed by atoms with E-state index in [4.69, 9.17) is 5.73 Å². The van der Waals surface area contributed by atoms with Gasteiger partial charge in [-0.05, 0) is 38.2 Å². The van der Waals surface area contributed by atoms with Gasteiger partial charge < -0.3 is 11.1 Å². The summed E-state index contributed by atoms with van der Waals surface area (Å²) in [6, 6.07) is 1.85. The molecule has 1 aliphatic carbocycles. The third-order valence-corrected chi connectivity index (χ3v) is 5.01. The molecule has 2 heterocycles. The molecule has 0 radical (unpaired) electrons. The highest BCUT2D eigenvalue weighted by Gasteiger charge is 2.16. The predicted molar refractivity (Wildman–Crippen MR) is 87.5 cm³/mol.